The average molecular weight is 2000 g/mol. The first-order valence-electron chi connectivity index (χ1n) is 60.7. The lowest BCUT2D eigenvalue weighted by molar-refractivity contribution is 0.220. The summed E-state index contributed by atoms with van der Waals surface area (Å²) in [6.45, 7) is 7.33. The van der Waals surface area contributed by atoms with Crippen LogP contribution in [0.15, 0.2) is 97.1 Å². The molecule has 0 aromatic heterocycles. The molecular formula is C124H204N4O4P6. The molecule has 774 valence electrons. The standard InChI is InChI=1S/C124H204N4O4P6/c125-90-39-1-2-40-94-129-111-82-74-107(75-83-111)124(87-41-95-130-108-76-68-104(69-77-108)84-91-126(98-133(112-44-15-3-16-45-112)113-46-17-4-18-47-113)99-134(114-48-19-5-20-49-114)115-50-21-6-22-51-115,88-42-96-131-109-78-70-105(71-79-109)85-92-127(100-135(116-52-23-7-24-53-116)117-54-25-8-26-55-117)101-136(118-56-27-9-28-57-118)119-58-29-10-30-59-119)89-43-97-132-110-80-72-106(73-81-110)86-93-128(102-137(120-60-31-11-32-61-120)121-62-33-12-34-63-121)103-138(122-64-35-13-36-65-122)123-66-37-14-38-67-123/h68-83,112-123H,1-67,84-103,125H2. The first-order valence-corrected chi connectivity index (χ1v) is 70.7. The number of rotatable bonds is 56. The minimum atomic E-state index is -0.119. The monoisotopic (exact) mass is 2000 g/mol. The van der Waals surface area contributed by atoms with Crippen molar-refractivity contribution >= 4 is 47.5 Å². The Hall–Kier alpha value is -1.50. The highest BCUT2D eigenvalue weighted by atomic mass is 31.1. The molecule has 12 saturated carbocycles. The third-order valence-electron chi connectivity index (χ3n) is 37.7. The number of ether oxygens (including phenoxy) is 4. The van der Waals surface area contributed by atoms with Gasteiger partial charge < -0.3 is 24.7 Å². The summed E-state index contributed by atoms with van der Waals surface area (Å²) in [6.07, 6.45) is 113. The highest BCUT2D eigenvalue weighted by molar-refractivity contribution is 7.61. The molecule has 4 aromatic rings. The summed E-state index contributed by atoms with van der Waals surface area (Å²) in [5.41, 5.74) is 23.8. The van der Waals surface area contributed by atoms with Gasteiger partial charge in [-0.25, -0.2) is 0 Å². The molecule has 138 heavy (non-hydrogen) atoms. The van der Waals surface area contributed by atoms with Crippen LogP contribution in [-0.2, 0) is 24.7 Å². The predicted molar refractivity (Wildman–Crippen MR) is 609 cm³/mol. The predicted octanol–water partition coefficient (Wildman–Crippen LogP) is 36.6. The average Bonchev–Trinajstić information content (AvgIpc) is 0.803. The van der Waals surface area contributed by atoms with Gasteiger partial charge in [-0.1, -0.05) is 340 Å². The Kier molecular flexibility index (Phi) is 49.2. The molecule has 12 aliphatic rings. The van der Waals surface area contributed by atoms with Gasteiger partial charge in [0.25, 0.3) is 0 Å². The summed E-state index contributed by atoms with van der Waals surface area (Å²) in [5.74, 6) is 4.08. The first-order chi connectivity index (χ1) is 68.4. The maximum Gasteiger partial charge on any atom is 0.119 e. The first kappa shape index (κ1) is 109. The Morgan fingerprint density at radius 1 is 0.210 bits per heavy atom. The summed E-state index contributed by atoms with van der Waals surface area (Å²) in [7, 11) is 0.0650. The van der Waals surface area contributed by atoms with Gasteiger partial charge in [0.15, 0.2) is 0 Å². The molecule has 2 N–H and O–H groups in total. The summed E-state index contributed by atoms with van der Waals surface area (Å²) in [6, 6.07) is 38.4. The summed E-state index contributed by atoms with van der Waals surface area (Å²) >= 11 is 0. The van der Waals surface area contributed by atoms with E-state index in [9.17, 15) is 0 Å². The number of unbranched alkanes of at least 4 members (excludes halogenated alkanes) is 3. The number of nitrogens with two attached hydrogens (primary N) is 1. The Labute approximate surface area is 855 Å². The lowest BCUT2D eigenvalue weighted by Crippen LogP contribution is -2.35. The topological polar surface area (TPSA) is 72.7 Å². The molecule has 12 aliphatic carbocycles. The second-order valence-corrected chi connectivity index (χ2v) is 64.1. The summed E-state index contributed by atoms with van der Waals surface area (Å²) in [4.78, 5) is 9.59. The lowest BCUT2D eigenvalue weighted by atomic mass is 9.70. The van der Waals surface area contributed by atoms with Crippen molar-refractivity contribution in [1.82, 2.24) is 14.7 Å². The molecule has 0 bridgehead atoms. The summed E-state index contributed by atoms with van der Waals surface area (Å²) in [5, 5.41) is 0. The van der Waals surface area contributed by atoms with Crippen LogP contribution in [0, 0.1) is 0 Å². The van der Waals surface area contributed by atoms with Gasteiger partial charge in [-0.3, -0.25) is 14.7 Å². The fourth-order valence-corrected chi connectivity index (χ4v) is 52.9. The van der Waals surface area contributed by atoms with E-state index >= 15 is 0 Å². The van der Waals surface area contributed by atoms with E-state index in [-0.39, 0.29) is 52.9 Å². The molecule has 4 aromatic carbocycles. The van der Waals surface area contributed by atoms with Gasteiger partial charge in [-0.15, -0.1) is 0 Å². The molecule has 0 spiro atoms. The van der Waals surface area contributed by atoms with Gasteiger partial charge in [0.1, 0.15) is 23.0 Å². The number of hydrogen-bond acceptors (Lipinski definition) is 8. The Bertz CT molecular complexity index is 3230. The fraction of sp³-hybridized carbons (Fsp3) is 0.806. The van der Waals surface area contributed by atoms with E-state index in [2.05, 4.69) is 112 Å². The maximum absolute atomic E-state index is 7.02. The highest BCUT2D eigenvalue weighted by Crippen LogP contribution is 2.65. The highest BCUT2D eigenvalue weighted by Gasteiger charge is 2.43. The van der Waals surface area contributed by atoms with Crippen LogP contribution >= 0.6 is 47.5 Å². The van der Waals surface area contributed by atoms with Crippen LogP contribution in [0.4, 0.5) is 0 Å². The smallest absolute Gasteiger partial charge is 0.119 e. The van der Waals surface area contributed by atoms with E-state index in [1.54, 1.807) is 0 Å². The van der Waals surface area contributed by atoms with Gasteiger partial charge in [0.2, 0.25) is 0 Å². The zero-order valence-electron chi connectivity index (χ0n) is 88.4. The van der Waals surface area contributed by atoms with E-state index in [4.69, 9.17) is 24.7 Å². The van der Waals surface area contributed by atoms with Gasteiger partial charge >= 0.3 is 0 Å². The molecule has 0 radical (unpaired) electrons. The SMILES string of the molecule is NCCCCCCOc1ccc(C(CCCOc2ccc(CCN(CP(C3CCCCC3)C3CCCCC3)CP(C3CCCCC3)C3CCCCC3)cc2)(CCCOc2ccc(CCN(CP(C3CCCCC3)C3CCCCC3)CP(C3CCCCC3)C3CCCCC3)cc2)CCCOc2ccc(CCN(CP(C3CCCCC3)C3CCCCC3)CP(C3CCCCC3)C3CCCCC3)cc2)cc1. The van der Waals surface area contributed by atoms with E-state index < -0.39 is 0 Å². The van der Waals surface area contributed by atoms with Crippen molar-refractivity contribution in [2.24, 2.45) is 5.73 Å². The number of hydrogen-bond donors (Lipinski definition) is 1. The lowest BCUT2D eigenvalue weighted by Gasteiger charge is -2.44. The van der Waals surface area contributed by atoms with Crippen LogP contribution in [0.5, 0.6) is 23.0 Å². The quantitative estimate of drug-likeness (QED) is 0.0346. The van der Waals surface area contributed by atoms with Crippen LogP contribution in [0.3, 0.4) is 0 Å². The molecule has 16 rings (SSSR count). The van der Waals surface area contributed by atoms with Crippen molar-refractivity contribution in [2.75, 3.05) is 90.3 Å². The fourth-order valence-electron chi connectivity index (χ4n) is 29.5. The molecule has 0 saturated heterocycles. The van der Waals surface area contributed by atoms with E-state index in [1.807, 2.05) is 0 Å². The molecule has 0 heterocycles. The zero-order valence-corrected chi connectivity index (χ0v) is 93.8. The third kappa shape index (κ3) is 35.6. The van der Waals surface area contributed by atoms with Crippen molar-refractivity contribution < 1.29 is 18.9 Å². The zero-order chi connectivity index (χ0) is 93.9. The maximum atomic E-state index is 7.02. The Morgan fingerprint density at radius 2 is 0.384 bits per heavy atom. The van der Waals surface area contributed by atoms with Crippen LogP contribution in [0.1, 0.15) is 472 Å². The minimum absolute atomic E-state index is 0.0108. The molecule has 12 fully saturated rings. The third-order valence-corrected chi connectivity index (χ3v) is 59.5. The molecule has 0 aliphatic heterocycles. The van der Waals surface area contributed by atoms with Crippen molar-refractivity contribution in [2.45, 2.75) is 542 Å². The number of nitrogens with zero attached hydrogens (tertiary/aromatic N) is 3. The molecular weight excluding hydrogens is 1800 g/mol. The van der Waals surface area contributed by atoms with Gasteiger partial charge in [-0.2, -0.15) is 0 Å². The minimum Gasteiger partial charge on any atom is -0.494 e. The van der Waals surface area contributed by atoms with Crippen LogP contribution in [0.2, 0.25) is 0 Å². The van der Waals surface area contributed by atoms with E-state index in [1.165, 1.54) is 471 Å². The normalized spacial score (nSPS) is 21.8. The van der Waals surface area contributed by atoms with Crippen molar-refractivity contribution in [3.05, 3.63) is 119 Å². The van der Waals surface area contributed by atoms with E-state index in [0.717, 1.165) is 181 Å². The number of benzene rings is 4. The molecule has 0 unspecified atom stereocenters. The second kappa shape index (κ2) is 62.2. The molecule has 14 heteroatoms. The molecule has 8 nitrogen and oxygen atoms in total. The second-order valence-electron chi connectivity index (χ2n) is 47.5. The van der Waals surface area contributed by atoms with Gasteiger partial charge in [-0.05, 0) is 375 Å². The summed E-state index contributed by atoms with van der Waals surface area (Å²) < 4.78 is 27.6. The van der Waals surface area contributed by atoms with Gasteiger partial charge in [0, 0.05) is 57.3 Å². The van der Waals surface area contributed by atoms with Crippen LogP contribution < -0.4 is 24.7 Å². The van der Waals surface area contributed by atoms with Crippen molar-refractivity contribution in [1.29, 1.82) is 0 Å². The van der Waals surface area contributed by atoms with E-state index in [0.29, 0.717) is 19.8 Å². The molecule has 0 amide bonds. The van der Waals surface area contributed by atoms with Crippen LogP contribution in [-0.4, -0.2) is 173 Å². The largest absolute Gasteiger partial charge is 0.494 e. The van der Waals surface area contributed by atoms with Gasteiger partial charge in [0.05, 0.1) is 26.4 Å². The Morgan fingerprint density at radius 3 is 0.572 bits per heavy atom. The molecule has 0 atom stereocenters. The van der Waals surface area contributed by atoms with Crippen molar-refractivity contribution in [3.8, 4) is 23.0 Å². The van der Waals surface area contributed by atoms with Crippen LogP contribution in [0.25, 0.3) is 0 Å². The Balaban J connectivity index is 0.614. The van der Waals surface area contributed by atoms with Crippen molar-refractivity contribution in [3.63, 3.8) is 0 Å².